The third-order valence-electron chi connectivity index (χ3n) is 2.58. The number of rotatable bonds is 1. The highest BCUT2D eigenvalue weighted by Gasteiger charge is 2.25. The standard InChI is InChI=1S/C10H12F2N2O/c11-7-1-2-8(13)10(9(7)12)14-4-3-6(15)5-14/h1-2,6,15H,3-5,13H2. The summed E-state index contributed by atoms with van der Waals surface area (Å²) in [5.74, 6) is -1.86. The molecular weight excluding hydrogens is 202 g/mol. The Labute approximate surface area is 86.1 Å². The first kappa shape index (κ1) is 10.2. The topological polar surface area (TPSA) is 49.5 Å². The molecule has 2 rings (SSSR count). The Morgan fingerprint density at radius 1 is 1.40 bits per heavy atom. The molecule has 0 amide bonds. The lowest BCUT2D eigenvalue weighted by atomic mass is 10.2. The lowest BCUT2D eigenvalue weighted by Crippen LogP contribution is -2.23. The number of aliphatic hydroxyl groups is 1. The molecule has 1 heterocycles. The second-order valence-corrected chi connectivity index (χ2v) is 3.69. The van der Waals surface area contributed by atoms with E-state index in [1.807, 2.05) is 0 Å². The molecule has 3 N–H and O–H groups in total. The summed E-state index contributed by atoms with van der Waals surface area (Å²) >= 11 is 0. The normalized spacial score (nSPS) is 21.0. The van der Waals surface area contributed by atoms with Crippen LogP contribution in [0.5, 0.6) is 0 Å². The van der Waals surface area contributed by atoms with Gasteiger partial charge in [-0.25, -0.2) is 8.78 Å². The molecule has 1 atom stereocenters. The van der Waals surface area contributed by atoms with Gasteiger partial charge in [0.2, 0.25) is 0 Å². The summed E-state index contributed by atoms with van der Waals surface area (Å²) < 4.78 is 26.5. The zero-order valence-corrected chi connectivity index (χ0v) is 8.08. The van der Waals surface area contributed by atoms with Crippen LogP contribution in [0.3, 0.4) is 0 Å². The summed E-state index contributed by atoms with van der Waals surface area (Å²) in [6.45, 7) is 0.788. The Kier molecular flexibility index (Phi) is 2.48. The molecule has 15 heavy (non-hydrogen) atoms. The number of aliphatic hydroxyl groups excluding tert-OH is 1. The second-order valence-electron chi connectivity index (χ2n) is 3.69. The third-order valence-corrected chi connectivity index (χ3v) is 2.58. The maximum Gasteiger partial charge on any atom is 0.184 e. The van der Waals surface area contributed by atoms with Gasteiger partial charge in [0.05, 0.1) is 17.5 Å². The van der Waals surface area contributed by atoms with Crippen LogP contribution in [0.1, 0.15) is 6.42 Å². The van der Waals surface area contributed by atoms with Gasteiger partial charge in [-0.3, -0.25) is 0 Å². The van der Waals surface area contributed by atoms with Gasteiger partial charge in [-0.15, -0.1) is 0 Å². The van der Waals surface area contributed by atoms with E-state index in [4.69, 9.17) is 5.73 Å². The molecule has 0 aromatic heterocycles. The minimum Gasteiger partial charge on any atom is -0.397 e. The van der Waals surface area contributed by atoms with Gasteiger partial charge in [0.15, 0.2) is 11.6 Å². The van der Waals surface area contributed by atoms with Crippen molar-refractivity contribution in [3.63, 3.8) is 0 Å². The van der Waals surface area contributed by atoms with Gasteiger partial charge in [0.25, 0.3) is 0 Å². The quantitative estimate of drug-likeness (QED) is 0.689. The molecule has 1 saturated heterocycles. The largest absolute Gasteiger partial charge is 0.397 e. The molecule has 0 bridgehead atoms. The van der Waals surface area contributed by atoms with Crippen molar-refractivity contribution in [1.82, 2.24) is 0 Å². The monoisotopic (exact) mass is 214 g/mol. The lowest BCUT2D eigenvalue weighted by molar-refractivity contribution is 0.198. The van der Waals surface area contributed by atoms with Crippen molar-refractivity contribution < 1.29 is 13.9 Å². The summed E-state index contributed by atoms with van der Waals surface area (Å²) in [4.78, 5) is 1.57. The highest BCUT2D eigenvalue weighted by atomic mass is 19.2. The van der Waals surface area contributed by atoms with Gasteiger partial charge in [0, 0.05) is 13.1 Å². The molecule has 1 aromatic carbocycles. The molecule has 82 valence electrons. The maximum absolute atomic E-state index is 13.5. The van der Waals surface area contributed by atoms with Gasteiger partial charge in [-0.05, 0) is 18.6 Å². The summed E-state index contributed by atoms with van der Waals surface area (Å²) in [6, 6.07) is 2.33. The first-order chi connectivity index (χ1) is 7.09. The number of nitrogens with two attached hydrogens (primary N) is 1. The molecule has 0 radical (unpaired) electrons. The van der Waals surface area contributed by atoms with Crippen LogP contribution in [0.15, 0.2) is 12.1 Å². The molecular formula is C10H12F2N2O. The number of nitrogen functional groups attached to an aromatic ring is 1. The van der Waals surface area contributed by atoms with Crippen molar-refractivity contribution in [2.24, 2.45) is 0 Å². The molecule has 1 fully saturated rings. The van der Waals surface area contributed by atoms with E-state index < -0.39 is 17.7 Å². The van der Waals surface area contributed by atoms with E-state index in [1.54, 1.807) is 4.90 Å². The smallest absolute Gasteiger partial charge is 0.184 e. The first-order valence-electron chi connectivity index (χ1n) is 4.76. The van der Waals surface area contributed by atoms with Crippen molar-refractivity contribution in [2.75, 3.05) is 23.7 Å². The van der Waals surface area contributed by atoms with Crippen LogP contribution in [-0.2, 0) is 0 Å². The second kappa shape index (κ2) is 3.66. The zero-order chi connectivity index (χ0) is 11.0. The Morgan fingerprint density at radius 2 is 2.13 bits per heavy atom. The van der Waals surface area contributed by atoms with Gasteiger partial charge >= 0.3 is 0 Å². The van der Waals surface area contributed by atoms with Crippen molar-refractivity contribution in [3.05, 3.63) is 23.8 Å². The van der Waals surface area contributed by atoms with Crippen LogP contribution < -0.4 is 10.6 Å². The Balaban J connectivity index is 2.39. The molecule has 3 nitrogen and oxygen atoms in total. The number of anilines is 2. The predicted octanol–water partition coefficient (Wildman–Crippen LogP) is 1.12. The first-order valence-corrected chi connectivity index (χ1v) is 4.76. The van der Waals surface area contributed by atoms with Gasteiger partial charge < -0.3 is 15.7 Å². The number of halogens is 2. The van der Waals surface area contributed by atoms with Crippen LogP contribution >= 0.6 is 0 Å². The summed E-state index contributed by atoms with van der Waals surface area (Å²) in [7, 11) is 0. The highest BCUT2D eigenvalue weighted by Crippen LogP contribution is 2.31. The number of hydrogen-bond acceptors (Lipinski definition) is 3. The van der Waals surface area contributed by atoms with E-state index >= 15 is 0 Å². The molecule has 1 aromatic rings. The number of hydrogen-bond donors (Lipinski definition) is 2. The van der Waals surface area contributed by atoms with Crippen LogP contribution in [0.2, 0.25) is 0 Å². The minimum absolute atomic E-state index is 0.0616. The van der Waals surface area contributed by atoms with Gasteiger partial charge in [0.1, 0.15) is 0 Å². The van der Waals surface area contributed by atoms with E-state index in [2.05, 4.69) is 0 Å². The van der Waals surface area contributed by atoms with Crippen molar-refractivity contribution in [2.45, 2.75) is 12.5 Å². The zero-order valence-electron chi connectivity index (χ0n) is 8.08. The maximum atomic E-state index is 13.5. The van der Waals surface area contributed by atoms with Crippen LogP contribution in [-0.4, -0.2) is 24.3 Å². The van der Waals surface area contributed by atoms with Gasteiger partial charge in [-0.1, -0.05) is 0 Å². The minimum atomic E-state index is -0.941. The average molecular weight is 214 g/mol. The fourth-order valence-corrected chi connectivity index (χ4v) is 1.82. The van der Waals surface area contributed by atoms with E-state index in [0.717, 1.165) is 6.07 Å². The van der Waals surface area contributed by atoms with Crippen LogP contribution in [0, 0.1) is 11.6 Å². The van der Waals surface area contributed by atoms with Crippen molar-refractivity contribution >= 4 is 11.4 Å². The molecule has 1 aliphatic heterocycles. The molecule has 1 aliphatic rings. The summed E-state index contributed by atoms with van der Waals surface area (Å²) in [5, 5.41) is 9.31. The molecule has 0 spiro atoms. The Hall–Kier alpha value is -1.36. The number of benzene rings is 1. The van der Waals surface area contributed by atoms with E-state index in [1.165, 1.54) is 6.07 Å². The van der Waals surface area contributed by atoms with Crippen LogP contribution in [0.25, 0.3) is 0 Å². The molecule has 5 heteroatoms. The third kappa shape index (κ3) is 1.74. The number of β-amino-alcohol motifs (C(OH)–C–C–N with tert-alkyl or cyclic N) is 1. The molecule has 1 unspecified atom stereocenters. The van der Waals surface area contributed by atoms with Crippen LogP contribution in [0.4, 0.5) is 20.2 Å². The Morgan fingerprint density at radius 3 is 2.73 bits per heavy atom. The molecule has 0 saturated carbocycles. The fourth-order valence-electron chi connectivity index (χ4n) is 1.82. The Bertz CT molecular complexity index is 384. The SMILES string of the molecule is Nc1ccc(F)c(F)c1N1CCC(O)C1. The van der Waals surface area contributed by atoms with Gasteiger partial charge in [-0.2, -0.15) is 0 Å². The van der Waals surface area contributed by atoms with E-state index in [0.29, 0.717) is 19.5 Å². The average Bonchev–Trinajstić information content (AvgIpc) is 2.59. The lowest BCUT2D eigenvalue weighted by Gasteiger charge is -2.20. The van der Waals surface area contributed by atoms with E-state index in [-0.39, 0.29) is 11.4 Å². The fraction of sp³-hybridized carbons (Fsp3) is 0.400. The number of nitrogens with zero attached hydrogens (tertiary/aromatic N) is 1. The predicted molar refractivity (Wildman–Crippen MR) is 53.6 cm³/mol. The van der Waals surface area contributed by atoms with Crippen molar-refractivity contribution in [3.8, 4) is 0 Å². The summed E-state index contributed by atoms with van der Waals surface area (Å²) in [6.07, 6.45) is 0.0575. The summed E-state index contributed by atoms with van der Waals surface area (Å²) in [5.41, 5.74) is 5.84. The molecule has 0 aliphatic carbocycles. The highest BCUT2D eigenvalue weighted by molar-refractivity contribution is 5.68. The van der Waals surface area contributed by atoms with E-state index in [9.17, 15) is 13.9 Å². The van der Waals surface area contributed by atoms with Crippen molar-refractivity contribution in [1.29, 1.82) is 0 Å².